The Morgan fingerprint density at radius 1 is 1.00 bits per heavy atom. The molecule has 0 bridgehead atoms. The second kappa shape index (κ2) is 8.08. The van der Waals surface area contributed by atoms with Gasteiger partial charge in [0.1, 0.15) is 5.82 Å². The lowest BCUT2D eigenvalue weighted by Crippen LogP contribution is -2.35. The fourth-order valence-electron chi connectivity index (χ4n) is 3.18. The lowest BCUT2D eigenvalue weighted by Gasteiger charge is -2.23. The van der Waals surface area contributed by atoms with E-state index in [1.54, 1.807) is 4.90 Å². The van der Waals surface area contributed by atoms with Gasteiger partial charge in [0.05, 0.1) is 5.56 Å². The Morgan fingerprint density at radius 3 is 2.29 bits per heavy atom. The molecular weight excluding hydrogens is 369 g/mol. The van der Waals surface area contributed by atoms with Gasteiger partial charge >= 0.3 is 6.18 Å². The molecule has 1 amide bonds. The molecule has 1 fully saturated rings. The number of hydrogen-bond donors (Lipinski definition) is 0. The van der Waals surface area contributed by atoms with E-state index in [9.17, 15) is 18.0 Å². The summed E-state index contributed by atoms with van der Waals surface area (Å²) in [4.78, 5) is 22.4. The molecule has 1 aliphatic heterocycles. The van der Waals surface area contributed by atoms with Crippen molar-refractivity contribution in [1.29, 1.82) is 0 Å². The van der Waals surface area contributed by atoms with Crippen LogP contribution in [0, 0.1) is 0 Å². The molecule has 0 spiro atoms. The van der Waals surface area contributed by atoms with Crippen molar-refractivity contribution in [2.75, 3.05) is 50.1 Å². The molecule has 1 aromatic carbocycles. The van der Waals surface area contributed by atoms with E-state index in [4.69, 9.17) is 0 Å². The number of nitrogens with zero attached hydrogens (tertiary/aromatic N) is 4. The normalized spacial score (nSPS) is 15.3. The van der Waals surface area contributed by atoms with E-state index >= 15 is 0 Å². The number of benzene rings is 1. The molecule has 1 aromatic heterocycles. The standard InChI is InChI=1S/C20H23F3N4O/c1-25(2)17-7-4-15(5-8-17)19(28)27-11-3-10-26(12-13-27)18-9-6-16(14-24-18)20(21,22)23/h4-9,14H,3,10-13H2,1-2H3. The molecule has 8 heteroatoms. The van der Waals surface area contributed by atoms with Gasteiger partial charge in [-0.2, -0.15) is 13.2 Å². The molecule has 3 rings (SSSR count). The minimum Gasteiger partial charge on any atom is -0.378 e. The highest BCUT2D eigenvalue weighted by atomic mass is 19.4. The fraction of sp³-hybridized carbons (Fsp3) is 0.400. The molecule has 0 radical (unpaired) electrons. The van der Waals surface area contributed by atoms with Gasteiger partial charge in [-0.15, -0.1) is 0 Å². The molecule has 0 atom stereocenters. The highest BCUT2D eigenvalue weighted by Gasteiger charge is 2.31. The van der Waals surface area contributed by atoms with E-state index in [2.05, 4.69) is 4.98 Å². The van der Waals surface area contributed by atoms with Gasteiger partial charge in [0, 0.05) is 57.7 Å². The Balaban J connectivity index is 1.65. The highest BCUT2D eigenvalue weighted by Crippen LogP contribution is 2.29. The van der Waals surface area contributed by atoms with Crippen LogP contribution < -0.4 is 9.80 Å². The molecular formula is C20H23F3N4O. The van der Waals surface area contributed by atoms with Crippen molar-refractivity contribution in [2.45, 2.75) is 12.6 Å². The minimum absolute atomic E-state index is 0.0347. The third kappa shape index (κ3) is 4.55. The van der Waals surface area contributed by atoms with Crippen molar-refractivity contribution < 1.29 is 18.0 Å². The van der Waals surface area contributed by atoms with E-state index in [1.165, 1.54) is 6.07 Å². The number of amides is 1. The van der Waals surface area contributed by atoms with E-state index in [1.807, 2.05) is 48.2 Å². The quantitative estimate of drug-likeness (QED) is 0.801. The van der Waals surface area contributed by atoms with E-state index < -0.39 is 11.7 Å². The van der Waals surface area contributed by atoms with Gasteiger partial charge < -0.3 is 14.7 Å². The van der Waals surface area contributed by atoms with Gasteiger partial charge in [-0.3, -0.25) is 4.79 Å². The number of anilines is 2. The van der Waals surface area contributed by atoms with Crippen molar-refractivity contribution in [3.63, 3.8) is 0 Å². The zero-order valence-corrected chi connectivity index (χ0v) is 15.9. The van der Waals surface area contributed by atoms with Crippen LogP contribution in [-0.4, -0.2) is 56.1 Å². The van der Waals surface area contributed by atoms with Crippen LogP contribution in [-0.2, 0) is 6.18 Å². The molecule has 2 heterocycles. The lowest BCUT2D eigenvalue weighted by molar-refractivity contribution is -0.137. The first-order valence-electron chi connectivity index (χ1n) is 9.10. The molecule has 1 aliphatic rings. The van der Waals surface area contributed by atoms with Crippen LogP contribution in [0.2, 0.25) is 0 Å². The number of halogens is 3. The summed E-state index contributed by atoms with van der Waals surface area (Å²) >= 11 is 0. The third-order valence-electron chi connectivity index (χ3n) is 4.81. The van der Waals surface area contributed by atoms with Gasteiger partial charge in [0.2, 0.25) is 0 Å². The number of carbonyl (C=O) groups excluding carboxylic acids is 1. The number of aromatic nitrogens is 1. The first-order chi connectivity index (χ1) is 13.3. The molecule has 0 unspecified atom stereocenters. The summed E-state index contributed by atoms with van der Waals surface area (Å²) in [6.45, 7) is 2.27. The Morgan fingerprint density at radius 2 is 1.71 bits per heavy atom. The van der Waals surface area contributed by atoms with Crippen LogP contribution in [0.3, 0.4) is 0 Å². The first kappa shape index (κ1) is 20.0. The number of pyridine rings is 1. The van der Waals surface area contributed by atoms with Crippen molar-refractivity contribution >= 4 is 17.4 Å². The maximum atomic E-state index is 12.8. The molecule has 0 saturated carbocycles. The van der Waals surface area contributed by atoms with Gasteiger partial charge in [-0.1, -0.05) is 0 Å². The lowest BCUT2D eigenvalue weighted by atomic mass is 10.1. The zero-order chi connectivity index (χ0) is 20.3. The second-order valence-electron chi connectivity index (χ2n) is 6.98. The number of rotatable bonds is 3. The summed E-state index contributed by atoms with van der Waals surface area (Å²) in [5, 5.41) is 0. The molecule has 5 nitrogen and oxygen atoms in total. The van der Waals surface area contributed by atoms with Crippen molar-refractivity contribution in [1.82, 2.24) is 9.88 Å². The molecule has 0 N–H and O–H groups in total. The molecule has 0 aliphatic carbocycles. The van der Waals surface area contributed by atoms with Crippen LogP contribution in [0.4, 0.5) is 24.7 Å². The summed E-state index contributed by atoms with van der Waals surface area (Å²) in [5.74, 6) is 0.463. The number of hydrogen-bond acceptors (Lipinski definition) is 4. The smallest absolute Gasteiger partial charge is 0.378 e. The van der Waals surface area contributed by atoms with E-state index in [0.717, 1.165) is 24.4 Å². The van der Waals surface area contributed by atoms with Crippen molar-refractivity contribution in [3.05, 3.63) is 53.7 Å². The predicted octanol–water partition coefficient (Wildman–Crippen LogP) is 3.52. The van der Waals surface area contributed by atoms with Crippen molar-refractivity contribution in [2.24, 2.45) is 0 Å². The highest BCUT2D eigenvalue weighted by molar-refractivity contribution is 5.94. The Hall–Kier alpha value is -2.77. The third-order valence-corrected chi connectivity index (χ3v) is 4.81. The SMILES string of the molecule is CN(C)c1ccc(C(=O)N2CCCN(c3ccc(C(F)(F)F)cn3)CC2)cc1. The monoisotopic (exact) mass is 392 g/mol. The van der Waals surface area contributed by atoms with Gasteiger partial charge in [-0.25, -0.2) is 4.98 Å². The van der Waals surface area contributed by atoms with Gasteiger partial charge in [-0.05, 0) is 42.8 Å². The second-order valence-corrected chi connectivity index (χ2v) is 6.98. The summed E-state index contributed by atoms with van der Waals surface area (Å²) in [6, 6.07) is 9.88. The fourth-order valence-corrected chi connectivity index (χ4v) is 3.18. The van der Waals surface area contributed by atoms with Crippen LogP contribution in [0.5, 0.6) is 0 Å². The van der Waals surface area contributed by atoms with Gasteiger partial charge in [0.25, 0.3) is 5.91 Å². The summed E-state index contributed by atoms with van der Waals surface area (Å²) < 4.78 is 38.1. The van der Waals surface area contributed by atoms with E-state index in [0.29, 0.717) is 37.6 Å². The minimum atomic E-state index is -4.39. The topological polar surface area (TPSA) is 39.7 Å². The largest absolute Gasteiger partial charge is 0.417 e. The van der Waals surface area contributed by atoms with Crippen LogP contribution in [0.1, 0.15) is 22.3 Å². The average molecular weight is 392 g/mol. The molecule has 1 saturated heterocycles. The number of carbonyl (C=O) groups is 1. The Labute approximate surface area is 162 Å². The number of alkyl halides is 3. The van der Waals surface area contributed by atoms with Crippen LogP contribution >= 0.6 is 0 Å². The summed E-state index contributed by atoms with van der Waals surface area (Å²) in [5.41, 5.74) is 0.891. The molecule has 2 aromatic rings. The summed E-state index contributed by atoms with van der Waals surface area (Å²) in [7, 11) is 3.88. The maximum Gasteiger partial charge on any atom is 0.417 e. The van der Waals surface area contributed by atoms with Crippen molar-refractivity contribution in [3.8, 4) is 0 Å². The van der Waals surface area contributed by atoms with Crippen LogP contribution in [0.25, 0.3) is 0 Å². The average Bonchev–Trinajstić information content (AvgIpc) is 2.93. The first-order valence-corrected chi connectivity index (χ1v) is 9.10. The molecule has 28 heavy (non-hydrogen) atoms. The zero-order valence-electron chi connectivity index (χ0n) is 15.9. The Kier molecular flexibility index (Phi) is 5.76. The van der Waals surface area contributed by atoms with E-state index in [-0.39, 0.29) is 5.91 Å². The Bertz CT molecular complexity index is 804. The van der Waals surface area contributed by atoms with Gasteiger partial charge in [0.15, 0.2) is 0 Å². The maximum absolute atomic E-state index is 12.8. The predicted molar refractivity (Wildman–Crippen MR) is 103 cm³/mol. The van der Waals surface area contributed by atoms with Crippen LogP contribution in [0.15, 0.2) is 42.6 Å². The summed E-state index contributed by atoms with van der Waals surface area (Å²) in [6.07, 6.45) is -2.81. The molecule has 150 valence electrons.